The SMILES string of the molecule is Cc1oc(-c2cccs2)nc1C(=O)N1CC(Oc2ccncc2)C1. The minimum Gasteiger partial charge on any atom is -0.487 e. The van der Waals surface area contributed by atoms with Crippen molar-refractivity contribution in [3.05, 3.63) is 53.5 Å². The summed E-state index contributed by atoms with van der Waals surface area (Å²) in [5, 5.41) is 1.95. The van der Waals surface area contributed by atoms with Crippen LogP contribution in [0.4, 0.5) is 0 Å². The smallest absolute Gasteiger partial charge is 0.276 e. The van der Waals surface area contributed by atoms with Crippen LogP contribution in [0.25, 0.3) is 10.8 Å². The van der Waals surface area contributed by atoms with Crippen LogP contribution in [0.1, 0.15) is 16.2 Å². The molecule has 7 heteroatoms. The van der Waals surface area contributed by atoms with E-state index in [4.69, 9.17) is 9.15 Å². The second kappa shape index (κ2) is 6.09. The standard InChI is InChI=1S/C17H15N3O3S/c1-11-15(19-16(22-11)14-3-2-8-24-14)17(21)20-9-13(10-20)23-12-4-6-18-7-5-12/h2-8,13H,9-10H2,1H3. The number of hydrogen-bond acceptors (Lipinski definition) is 6. The largest absolute Gasteiger partial charge is 0.487 e. The molecular formula is C17H15N3O3S. The van der Waals surface area contributed by atoms with Gasteiger partial charge in [0.25, 0.3) is 5.91 Å². The molecule has 0 bridgehead atoms. The van der Waals surface area contributed by atoms with Crippen molar-refractivity contribution in [2.45, 2.75) is 13.0 Å². The highest BCUT2D eigenvalue weighted by molar-refractivity contribution is 7.13. The fraction of sp³-hybridized carbons (Fsp3) is 0.235. The van der Waals surface area contributed by atoms with E-state index in [-0.39, 0.29) is 12.0 Å². The van der Waals surface area contributed by atoms with Crippen molar-refractivity contribution in [1.82, 2.24) is 14.9 Å². The average molecular weight is 341 g/mol. The molecule has 0 unspecified atom stereocenters. The minimum absolute atomic E-state index is 0.000300. The Bertz CT molecular complexity index is 839. The highest BCUT2D eigenvalue weighted by Crippen LogP contribution is 2.27. The van der Waals surface area contributed by atoms with Crippen LogP contribution in [0.15, 0.2) is 46.5 Å². The summed E-state index contributed by atoms with van der Waals surface area (Å²) in [6, 6.07) is 7.46. The lowest BCUT2D eigenvalue weighted by atomic mass is 10.1. The van der Waals surface area contributed by atoms with E-state index in [1.165, 1.54) is 11.3 Å². The van der Waals surface area contributed by atoms with Gasteiger partial charge >= 0.3 is 0 Å². The van der Waals surface area contributed by atoms with E-state index in [2.05, 4.69) is 9.97 Å². The number of nitrogens with zero attached hydrogens (tertiary/aromatic N) is 3. The molecule has 122 valence electrons. The van der Waals surface area contributed by atoms with Gasteiger partial charge in [0, 0.05) is 12.4 Å². The lowest BCUT2D eigenvalue weighted by Crippen LogP contribution is -2.56. The van der Waals surface area contributed by atoms with Crippen LogP contribution in [0, 0.1) is 6.92 Å². The second-order valence-corrected chi connectivity index (χ2v) is 6.48. The Morgan fingerprint density at radius 2 is 2.12 bits per heavy atom. The lowest BCUT2D eigenvalue weighted by Gasteiger charge is -2.38. The van der Waals surface area contributed by atoms with E-state index in [1.54, 1.807) is 36.4 Å². The van der Waals surface area contributed by atoms with E-state index in [1.807, 2.05) is 17.5 Å². The third-order valence-corrected chi connectivity index (χ3v) is 4.68. The van der Waals surface area contributed by atoms with E-state index >= 15 is 0 Å². The van der Waals surface area contributed by atoms with Crippen LogP contribution in [0.2, 0.25) is 0 Å². The van der Waals surface area contributed by atoms with E-state index in [0.29, 0.717) is 30.4 Å². The van der Waals surface area contributed by atoms with Crippen LogP contribution >= 0.6 is 11.3 Å². The summed E-state index contributed by atoms with van der Waals surface area (Å²) in [6.07, 6.45) is 3.36. The molecule has 0 N–H and O–H groups in total. The van der Waals surface area contributed by atoms with Gasteiger partial charge in [0.1, 0.15) is 17.6 Å². The Hall–Kier alpha value is -2.67. The molecule has 6 nitrogen and oxygen atoms in total. The van der Waals surface area contributed by atoms with E-state index in [0.717, 1.165) is 10.6 Å². The molecule has 3 aromatic heterocycles. The predicted octanol–water partition coefficient (Wildman–Crippen LogP) is 3.01. The minimum atomic E-state index is -0.117. The second-order valence-electron chi connectivity index (χ2n) is 5.53. The lowest BCUT2D eigenvalue weighted by molar-refractivity contribution is 0.0172. The first-order valence-electron chi connectivity index (χ1n) is 7.58. The third-order valence-electron chi connectivity index (χ3n) is 3.82. The summed E-state index contributed by atoms with van der Waals surface area (Å²) in [7, 11) is 0. The normalized spacial score (nSPS) is 14.5. The van der Waals surface area contributed by atoms with Crippen LogP contribution in [-0.2, 0) is 0 Å². The van der Waals surface area contributed by atoms with Gasteiger partial charge in [0.15, 0.2) is 5.69 Å². The number of thiophene rings is 1. The Balaban J connectivity index is 1.41. The number of carbonyl (C=O) groups is 1. The van der Waals surface area contributed by atoms with Gasteiger partial charge in [0.2, 0.25) is 5.89 Å². The maximum Gasteiger partial charge on any atom is 0.276 e. The zero-order valence-corrected chi connectivity index (χ0v) is 13.8. The number of hydrogen-bond donors (Lipinski definition) is 0. The summed E-state index contributed by atoms with van der Waals surface area (Å²) in [5.74, 6) is 1.69. The molecule has 0 aliphatic carbocycles. The van der Waals surface area contributed by atoms with Crippen LogP contribution in [0.3, 0.4) is 0 Å². The van der Waals surface area contributed by atoms with Crippen molar-refractivity contribution in [3.63, 3.8) is 0 Å². The number of carbonyl (C=O) groups excluding carboxylic acids is 1. The fourth-order valence-corrected chi connectivity index (χ4v) is 3.19. The van der Waals surface area contributed by atoms with Gasteiger partial charge in [-0.15, -0.1) is 11.3 Å². The quantitative estimate of drug-likeness (QED) is 0.730. The van der Waals surface area contributed by atoms with Crippen LogP contribution in [0.5, 0.6) is 5.75 Å². The number of likely N-dealkylation sites (tertiary alicyclic amines) is 1. The van der Waals surface area contributed by atoms with Gasteiger partial charge < -0.3 is 14.1 Å². The van der Waals surface area contributed by atoms with Gasteiger partial charge in [0.05, 0.1) is 18.0 Å². The van der Waals surface area contributed by atoms with Crippen LogP contribution in [-0.4, -0.2) is 40.0 Å². The van der Waals surface area contributed by atoms with Gasteiger partial charge in [-0.2, -0.15) is 0 Å². The molecule has 1 saturated heterocycles. The molecular weight excluding hydrogens is 326 g/mol. The molecule has 0 spiro atoms. The zero-order chi connectivity index (χ0) is 16.5. The molecule has 0 saturated carbocycles. The fourth-order valence-electron chi connectivity index (χ4n) is 2.54. The van der Waals surface area contributed by atoms with E-state index in [9.17, 15) is 4.79 Å². The Morgan fingerprint density at radius 3 is 2.83 bits per heavy atom. The molecule has 1 aliphatic heterocycles. The van der Waals surface area contributed by atoms with Crippen LogP contribution < -0.4 is 4.74 Å². The van der Waals surface area contributed by atoms with Crippen molar-refractivity contribution < 1.29 is 13.9 Å². The van der Waals surface area contributed by atoms with Crippen molar-refractivity contribution in [2.24, 2.45) is 0 Å². The Kier molecular flexibility index (Phi) is 3.78. The maximum absolute atomic E-state index is 12.6. The molecule has 4 rings (SSSR count). The number of aryl methyl sites for hydroxylation is 1. The molecule has 4 heterocycles. The highest BCUT2D eigenvalue weighted by Gasteiger charge is 2.35. The van der Waals surface area contributed by atoms with Crippen molar-refractivity contribution in [1.29, 1.82) is 0 Å². The molecule has 3 aromatic rings. The summed E-state index contributed by atoms with van der Waals surface area (Å²) in [5.41, 5.74) is 0.376. The number of ether oxygens (including phenoxy) is 1. The molecule has 1 aliphatic rings. The summed E-state index contributed by atoms with van der Waals surface area (Å²) >= 11 is 1.53. The third kappa shape index (κ3) is 2.78. The first-order valence-corrected chi connectivity index (χ1v) is 8.46. The first-order chi connectivity index (χ1) is 11.7. The molecule has 1 fully saturated rings. The highest BCUT2D eigenvalue weighted by atomic mass is 32.1. The van der Waals surface area contributed by atoms with Gasteiger partial charge in [-0.1, -0.05) is 6.07 Å². The molecule has 1 amide bonds. The Morgan fingerprint density at radius 1 is 1.33 bits per heavy atom. The summed E-state index contributed by atoms with van der Waals surface area (Å²) in [6.45, 7) is 2.85. The first kappa shape index (κ1) is 14.9. The monoisotopic (exact) mass is 341 g/mol. The predicted molar refractivity (Wildman–Crippen MR) is 89.1 cm³/mol. The topological polar surface area (TPSA) is 68.5 Å². The molecule has 24 heavy (non-hydrogen) atoms. The van der Waals surface area contributed by atoms with Gasteiger partial charge in [-0.05, 0) is 30.5 Å². The number of oxazole rings is 1. The van der Waals surface area contributed by atoms with Gasteiger partial charge in [-0.25, -0.2) is 4.98 Å². The number of rotatable bonds is 4. The van der Waals surface area contributed by atoms with Gasteiger partial charge in [-0.3, -0.25) is 9.78 Å². The van der Waals surface area contributed by atoms with Crippen molar-refractivity contribution in [3.8, 4) is 16.5 Å². The average Bonchev–Trinajstić information content (AvgIpc) is 3.20. The zero-order valence-electron chi connectivity index (χ0n) is 13.0. The summed E-state index contributed by atoms with van der Waals surface area (Å²) < 4.78 is 11.4. The molecule has 0 atom stereocenters. The summed E-state index contributed by atoms with van der Waals surface area (Å²) in [4.78, 5) is 23.5. The van der Waals surface area contributed by atoms with E-state index < -0.39 is 0 Å². The number of pyridine rings is 1. The van der Waals surface area contributed by atoms with Crippen molar-refractivity contribution >= 4 is 17.2 Å². The molecule has 0 aromatic carbocycles. The maximum atomic E-state index is 12.6. The molecule has 0 radical (unpaired) electrons. The number of aromatic nitrogens is 2. The van der Waals surface area contributed by atoms with Crippen molar-refractivity contribution in [2.75, 3.05) is 13.1 Å². The Labute approximate surface area is 142 Å². The number of amides is 1.